The first-order chi connectivity index (χ1) is 12.0. The Morgan fingerprint density at radius 2 is 1.76 bits per heavy atom. The molecule has 0 unspecified atom stereocenters. The van der Waals surface area contributed by atoms with E-state index in [1.165, 1.54) is 32.4 Å². The number of carbonyl (C=O) groups excluding carboxylic acids is 1. The lowest BCUT2D eigenvalue weighted by molar-refractivity contribution is -0.117. The van der Waals surface area contributed by atoms with Crippen LogP contribution in [0.15, 0.2) is 38.9 Å². The van der Waals surface area contributed by atoms with E-state index in [0.717, 1.165) is 25.7 Å². The average molecular weight is 346 g/mol. The molecule has 0 amide bonds. The van der Waals surface area contributed by atoms with Gasteiger partial charge in [0.05, 0.1) is 14.2 Å². The third kappa shape index (κ3) is 4.21. The van der Waals surface area contributed by atoms with E-state index in [0.29, 0.717) is 11.0 Å². The molecular weight excluding hydrogens is 324 g/mol. The van der Waals surface area contributed by atoms with Gasteiger partial charge in [-0.15, -0.1) is 0 Å². The van der Waals surface area contributed by atoms with Crippen molar-refractivity contribution in [3.05, 3.63) is 50.8 Å². The second-order valence-electron chi connectivity index (χ2n) is 5.60. The van der Waals surface area contributed by atoms with Crippen LogP contribution in [0.5, 0.6) is 5.75 Å². The maximum atomic E-state index is 12.3. The van der Waals surface area contributed by atoms with E-state index < -0.39 is 17.0 Å². The van der Waals surface area contributed by atoms with Crippen LogP contribution in [0.4, 0.5) is 0 Å². The molecule has 6 heteroatoms. The number of ketones is 1. The number of methoxy groups -OCH3 is 2. The molecule has 1 aliphatic carbocycles. The van der Waals surface area contributed by atoms with Crippen molar-refractivity contribution in [1.82, 2.24) is 0 Å². The molecule has 0 saturated heterocycles. The van der Waals surface area contributed by atoms with Crippen molar-refractivity contribution in [2.45, 2.75) is 32.6 Å². The topological polar surface area (TPSA) is 86.0 Å². The fourth-order valence-electron chi connectivity index (χ4n) is 2.45. The first-order valence-electron chi connectivity index (χ1n) is 8.15. The maximum absolute atomic E-state index is 12.3. The minimum Gasteiger partial charge on any atom is -0.504 e. The van der Waals surface area contributed by atoms with Gasteiger partial charge in [0, 0.05) is 11.6 Å². The number of rotatable bonds is 6. The summed E-state index contributed by atoms with van der Waals surface area (Å²) in [5, 5.41) is 9.94. The molecule has 1 heterocycles. The molecule has 1 aromatic rings. The summed E-state index contributed by atoms with van der Waals surface area (Å²) in [6.45, 7) is 2.11. The number of hydrogen-bond acceptors (Lipinski definition) is 6. The van der Waals surface area contributed by atoms with Gasteiger partial charge in [-0.2, -0.15) is 0 Å². The normalized spacial score (nSPS) is 15.1. The van der Waals surface area contributed by atoms with Crippen molar-refractivity contribution < 1.29 is 23.8 Å². The molecule has 0 aromatic carbocycles. The number of Topliss-reactive ketones (excluding diaryl/α,β-unsaturated/α-hetero) is 1. The highest BCUT2D eigenvalue weighted by molar-refractivity contribution is 6.10. The SMILES string of the molecule is CCCCC/C=c1/cc(O)c(=O)c(=C2C=C(OC)C(=O)C(OC)=C2)o1. The van der Waals surface area contributed by atoms with Crippen LogP contribution in [0.3, 0.4) is 0 Å². The highest BCUT2D eigenvalue weighted by atomic mass is 16.5. The molecule has 1 N–H and O–H groups in total. The third-order valence-corrected chi connectivity index (χ3v) is 3.81. The lowest BCUT2D eigenvalue weighted by Crippen LogP contribution is -2.31. The summed E-state index contributed by atoms with van der Waals surface area (Å²) in [4.78, 5) is 24.3. The van der Waals surface area contributed by atoms with Gasteiger partial charge in [0.2, 0.25) is 0 Å². The van der Waals surface area contributed by atoms with Crippen LogP contribution in [0.25, 0.3) is 11.6 Å². The standard InChI is InChI=1S/C19H22O6/c1-4-5-6-7-8-13-11-14(20)17(21)19(25-13)12-9-15(23-2)18(22)16(10-12)24-3/h8-11,20H,4-7H2,1-3H3/b13-8-. The molecule has 2 rings (SSSR count). The lowest BCUT2D eigenvalue weighted by Gasteiger charge is -2.13. The Labute approximate surface area is 145 Å². The summed E-state index contributed by atoms with van der Waals surface area (Å²) < 4.78 is 15.7. The molecule has 6 nitrogen and oxygen atoms in total. The number of aromatic hydroxyl groups is 1. The van der Waals surface area contributed by atoms with E-state index in [-0.39, 0.29) is 16.9 Å². The number of carbonyl (C=O) groups is 1. The third-order valence-electron chi connectivity index (χ3n) is 3.81. The molecule has 25 heavy (non-hydrogen) atoms. The summed E-state index contributed by atoms with van der Waals surface area (Å²) in [6.07, 6.45) is 8.58. The Balaban J connectivity index is 2.64. The Morgan fingerprint density at radius 1 is 1.12 bits per heavy atom. The van der Waals surface area contributed by atoms with Crippen molar-refractivity contribution >= 4 is 17.4 Å². The van der Waals surface area contributed by atoms with E-state index in [4.69, 9.17) is 13.9 Å². The summed E-state index contributed by atoms with van der Waals surface area (Å²) >= 11 is 0. The summed E-state index contributed by atoms with van der Waals surface area (Å²) in [6, 6.07) is 1.30. The van der Waals surface area contributed by atoms with E-state index >= 15 is 0 Å². The molecule has 0 aliphatic heterocycles. The summed E-state index contributed by atoms with van der Waals surface area (Å²) in [7, 11) is 2.70. The zero-order valence-electron chi connectivity index (χ0n) is 14.6. The first-order valence-corrected chi connectivity index (χ1v) is 8.15. The fourth-order valence-corrected chi connectivity index (χ4v) is 2.45. The van der Waals surface area contributed by atoms with Crippen LogP contribution < -0.4 is 16.3 Å². The number of hydrogen-bond donors (Lipinski definition) is 1. The van der Waals surface area contributed by atoms with Crippen LogP contribution in [0, 0.1) is 0 Å². The zero-order valence-corrected chi connectivity index (χ0v) is 14.6. The van der Waals surface area contributed by atoms with Gasteiger partial charge in [0.25, 0.3) is 11.2 Å². The molecule has 134 valence electrons. The predicted molar refractivity (Wildman–Crippen MR) is 93.1 cm³/mol. The molecule has 0 spiro atoms. The number of ether oxygens (including phenoxy) is 2. The minimum absolute atomic E-state index is 0.0285. The fraction of sp³-hybridized carbons (Fsp3) is 0.368. The summed E-state index contributed by atoms with van der Waals surface area (Å²) in [5.74, 6) is -0.777. The highest BCUT2D eigenvalue weighted by Crippen LogP contribution is 2.19. The molecular formula is C19H22O6. The van der Waals surface area contributed by atoms with E-state index in [1.54, 1.807) is 0 Å². The molecule has 0 bridgehead atoms. The average Bonchev–Trinajstić information content (AvgIpc) is 2.61. The Bertz CT molecular complexity index is 859. The second-order valence-corrected chi connectivity index (χ2v) is 5.60. The van der Waals surface area contributed by atoms with Gasteiger partial charge in [-0.25, -0.2) is 0 Å². The van der Waals surface area contributed by atoms with Crippen molar-refractivity contribution in [2.24, 2.45) is 0 Å². The lowest BCUT2D eigenvalue weighted by atomic mass is 10.1. The van der Waals surface area contributed by atoms with Gasteiger partial charge >= 0.3 is 0 Å². The molecule has 1 aliphatic rings. The largest absolute Gasteiger partial charge is 0.504 e. The number of unbranched alkanes of at least 4 members (excludes halogenated alkanes) is 3. The first kappa shape index (κ1) is 18.6. The van der Waals surface area contributed by atoms with Gasteiger partial charge in [-0.3, -0.25) is 9.59 Å². The molecule has 1 aromatic heterocycles. The molecule has 0 saturated carbocycles. The van der Waals surface area contributed by atoms with Gasteiger partial charge in [-0.1, -0.05) is 19.8 Å². The minimum atomic E-state index is -0.659. The van der Waals surface area contributed by atoms with Gasteiger partial charge in [0.1, 0.15) is 5.42 Å². The predicted octanol–water partition coefficient (Wildman–Crippen LogP) is 1.50. The Morgan fingerprint density at radius 3 is 2.32 bits per heavy atom. The molecule has 0 fully saturated rings. The Kier molecular flexibility index (Phi) is 6.22. The van der Waals surface area contributed by atoms with Crippen molar-refractivity contribution in [1.29, 1.82) is 0 Å². The van der Waals surface area contributed by atoms with Crippen molar-refractivity contribution in [3.63, 3.8) is 0 Å². The van der Waals surface area contributed by atoms with Crippen LogP contribution in [-0.4, -0.2) is 25.1 Å². The second kappa shape index (κ2) is 8.37. The van der Waals surface area contributed by atoms with Crippen molar-refractivity contribution in [2.75, 3.05) is 14.2 Å². The van der Waals surface area contributed by atoms with Gasteiger partial charge in [-0.05, 0) is 31.1 Å². The van der Waals surface area contributed by atoms with Gasteiger partial charge in [0.15, 0.2) is 22.7 Å². The Hall–Kier alpha value is -2.76. The quantitative estimate of drug-likeness (QED) is 0.786. The van der Waals surface area contributed by atoms with Crippen LogP contribution in [-0.2, 0) is 14.3 Å². The maximum Gasteiger partial charge on any atom is 0.263 e. The van der Waals surface area contributed by atoms with Gasteiger partial charge < -0.3 is 19.0 Å². The van der Waals surface area contributed by atoms with Crippen LogP contribution in [0.2, 0.25) is 0 Å². The van der Waals surface area contributed by atoms with Crippen LogP contribution in [0.1, 0.15) is 32.6 Å². The smallest absolute Gasteiger partial charge is 0.263 e. The monoisotopic (exact) mass is 346 g/mol. The molecule has 0 atom stereocenters. The number of allylic oxidation sites excluding steroid dienone is 2. The highest BCUT2D eigenvalue weighted by Gasteiger charge is 2.23. The zero-order chi connectivity index (χ0) is 18.4. The van der Waals surface area contributed by atoms with E-state index in [9.17, 15) is 14.7 Å². The van der Waals surface area contributed by atoms with E-state index in [1.807, 2.05) is 6.08 Å². The van der Waals surface area contributed by atoms with Crippen LogP contribution >= 0.6 is 0 Å². The van der Waals surface area contributed by atoms with E-state index in [2.05, 4.69) is 6.92 Å². The summed E-state index contributed by atoms with van der Waals surface area (Å²) in [5.41, 5.74) is -0.0310. The molecule has 0 radical (unpaired) electrons. The van der Waals surface area contributed by atoms with Crippen molar-refractivity contribution in [3.8, 4) is 5.75 Å².